The number of carbonyl (C=O) groups excluding carboxylic acids is 2. The highest BCUT2D eigenvalue weighted by Crippen LogP contribution is 2.18. The van der Waals surface area contributed by atoms with Crippen LogP contribution in [-0.4, -0.2) is 17.9 Å². The molecule has 1 atom stereocenters. The quantitative estimate of drug-likeness (QED) is 0.890. The first-order valence-corrected chi connectivity index (χ1v) is 7.31. The largest absolute Gasteiger partial charge is 0.481 e. The number of hydrogen-bond donors (Lipinski definition) is 2. The molecule has 3 N–H and O–H groups in total. The molecule has 5 nitrogen and oxygen atoms in total. The lowest BCUT2D eigenvalue weighted by Gasteiger charge is -2.16. The highest BCUT2D eigenvalue weighted by atomic mass is 16.5. The van der Waals surface area contributed by atoms with E-state index in [1.54, 1.807) is 31.2 Å². The van der Waals surface area contributed by atoms with E-state index in [-0.39, 0.29) is 5.91 Å². The molecule has 2 aromatic carbocycles. The number of aryl methyl sites for hydroxylation is 2. The van der Waals surface area contributed by atoms with Crippen molar-refractivity contribution in [3.05, 3.63) is 59.2 Å². The molecule has 0 aliphatic heterocycles. The summed E-state index contributed by atoms with van der Waals surface area (Å²) in [7, 11) is 0. The Bertz CT molecular complexity index is 724. The van der Waals surface area contributed by atoms with E-state index >= 15 is 0 Å². The molecular formula is C18H20N2O3. The fraction of sp³-hybridized carbons (Fsp3) is 0.222. The van der Waals surface area contributed by atoms with Crippen LogP contribution in [0.25, 0.3) is 0 Å². The maximum absolute atomic E-state index is 12.2. The van der Waals surface area contributed by atoms with E-state index in [4.69, 9.17) is 10.5 Å². The van der Waals surface area contributed by atoms with E-state index in [1.165, 1.54) is 0 Å². The van der Waals surface area contributed by atoms with Gasteiger partial charge in [-0.25, -0.2) is 0 Å². The summed E-state index contributed by atoms with van der Waals surface area (Å²) < 4.78 is 5.59. The molecule has 0 aliphatic carbocycles. The average Bonchev–Trinajstić information content (AvgIpc) is 2.51. The average molecular weight is 312 g/mol. The maximum atomic E-state index is 12.2. The second-order valence-corrected chi connectivity index (χ2v) is 5.46. The molecule has 2 amide bonds. The number of nitrogens with two attached hydrogens (primary N) is 1. The van der Waals surface area contributed by atoms with Gasteiger partial charge in [-0.05, 0) is 62.2 Å². The van der Waals surface area contributed by atoms with E-state index in [1.807, 2.05) is 32.0 Å². The van der Waals surface area contributed by atoms with Gasteiger partial charge < -0.3 is 15.8 Å². The minimum atomic E-state index is -0.672. The van der Waals surface area contributed by atoms with Crippen LogP contribution in [0.1, 0.15) is 28.4 Å². The summed E-state index contributed by atoms with van der Waals surface area (Å²) in [5, 5.41) is 2.86. The molecule has 0 spiro atoms. The smallest absolute Gasteiger partial charge is 0.265 e. The molecule has 0 aromatic heterocycles. The van der Waals surface area contributed by atoms with Crippen molar-refractivity contribution in [2.75, 3.05) is 5.32 Å². The minimum absolute atomic E-state index is 0.238. The number of primary amides is 1. The van der Waals surface area contributed by atoms with Gasteiger partial charge in [0.1, 0.15) is 5.75 Å². The van der Waals surface area contributed by atoms with Gasteiger partial charge in [0.05, 0.1) is 0 Å². The fourth-order valence-electron chi connectivity index (χ4n) is 2.06. The highest BCUT2D eigenvalue weighted by Gasteiger charge is 2.16. The predicted octanol–water partition coefficient (Wildman–Crippen LogP) is 2.81. The van der Waals surface area contributed by atoms with E-state index in [0.29, 0.717) is 11.3 Å². The molecule has 0 unspecified atom stereocenters. The summed E-state index contributed by atoms with van der Waals surface area (Å²) in [6, 6.07) is 12.2. The zero-order chi connectivity index (χ0) is 17.0. The first kappa shape index (κ1) is 16.5. The van der Waals surface area contributed by atoms with E-state index < -0.39 is 12.0 Å². The van der Waals surface area contributed by atoms with Crippen LogP contribution in [0.3, 0.4) is 0 Å². The molecule has 0 saturated carbocycles. The van der Waals surface area contributed by atoms with Crippen LogP contribution in [0.15, 0.2) is 42.5 Å². The van der Waals surface area contributed by atoms with Crippen LogP contribution in [-0.2, 0) is 4.79 Å². The summed E-state index contributed by atoms with van der Waals surface area (Å²) >= 11 is 0. The van der Waals surface area contributed by atoms with Gasteiger partial charge in [0.25, 0.3) is 5.91 Å². The number of nitrogens with one attached hydrogen (secondary N) is 1. The second-order valence-electron chi connectivity index (χ2n) is 5.46. The Balaban J connectivity index is 2.02. The Labute approximate surface area is 135 Å². The number of ether oxygens (including phenoxy) is 1. The summed E-state index contributed by atoms with van der Waals surface area (Å²) in [6.45, 7) is 5.57. The molecule has 0 heterocycles. The summed E-state index contributed by atoms with van der Waals surface area (Å²) in [6.07, 6.45) is -0.672. The predicted molar refractivity (Wildman–Crippen MR) is 89.6 cm³/mol. The minimum Gasteiger partial charge on any atom is -0.481 e. The first-order valence-electron chi connectivity index (χ1n) is 7.31. The number of benzene rings is 2. The first-order chi connectivity index (χ1) is 10.9. The number of anilines is 1. The number of amides is 2. The third kappa shape index (κ3) is 4.32. The van der Waals surface area contributed by atoms with Crippen molar-refractivity contribution in [1.82, 2.24) is 0 Å². The molecule has 0 radical (unpaired) electrons. The van der Waals surface area contributed by atoms with Crippen molar-refractivity contribution in [1.29, 1.82) is 0 Å². The third-order valence-electron chi connectivity index (χ3n) is 3.47. The Morgan fingerprint density at radius 1 is 1.09 bits per heavy atom. The van der Waals surface area contributed by atoms with Gasteiger partial charge in [0, 0.05) is 11.3 Å². The molecule has 0 bridgehead atoms. The molecule has 2 rings (SSSR count). The van der Waals surface area contributed by atoms with Crippen molar-refractivity contribution in [2.45, 2.75) is 26.9 Å². The zero-order valence-corrected chi connectivity index (χ0v) is 13.4. The van der Waals surface area contributed by atoms with Crippen molar-refractivity contribution < 1.29 is 14.3 Å². The summed E-state index contributed by atoms with van der Waals surface area (Å²) in [5.74, 6) is -0.242. The zero-order valence-electron chi connectivity index (χ0n) is 13.4. The van der Waals surface area contributed by atoms with Gasteiger partial charge in [-0.2, -0.15) is 0 Å². The van der Waals surface area contributed by atoms with Crippen molar-refractivity contribution in [2.24, 2.45) is 5.73 Å². The molecule has 23 heavy (non-hydrogen) atoms. The lowest BCUT2D eigenvalue weighted by Crippen LogP contribution is -2.30. The number of rotatable bonds is 5. The Hall–Kier alpha value is -2.82. The van der Waals surface area contributed by atoms with Crippen LogP contribution in [0.4, 0.5) is 5.69 Å². The van der Waals surface area contributed by atoms with Crippen molar-refractivity contribution in [3.63, 3.8) is 0 Å². The fourth-order valence-corrected chi connectivity index (χ4v) is 2.06. The third-order valence-corrected chi connectivity index (χ3v) is 3.47. The molecule has 0 fully saturated rings. The normalized spacial score (nSPS) is 11.6. The van der Waals surface area contributed by atoms with Gasteiger partial charge in [-0.15, -0.1) is 0 Å². The van der Waals surface area contributed by atoms with Gasteiger partial charge >= 0.3 is 0 Å². The molecule has 120 valence electrons. The molecule has 0 saturated heterocycles. The topological polar surface area (TPSA) is 81.4 Å². The van der Waals surface area contributed by atoms with Crippen LogP contribution in [0, 0.1) is 13.8 Å². The van der Waals surface area contributed by atoms with Crippen molar-refractivity contribution >= 4 is 17.5 Å². The maximum Gasteiger partial charge on any atom is 0.265 e. The van der Waals surface area contributed by atoms with Gasteiger partial charge in [0.15, 0.2) is 6.10 Å². The Kier molecular flexibility index (Phi) is 5.01. The Morgan fingerprint density at radius 2 is 1.74 bits per heavy atom. The number of hydrogen-bond acceptors (Lipinski definition) is 3. The summed E-state index contributed by atoms with van der Waals surface area (Å²) in [4.78, 5) is 23.3. The van der Waals surface area contributed by atoms with Gasteiger partial charge in [0.2, 0.25) is 5.91 Å². The lowest BCUT2D eigenvalue weighted by atomic mass is 10.1. The number of carbonyl (C=O) groups is 2. The summed E-state index contributed by atoms with van der Waals surface area (Å²) in [5.41, 5.74) is 8.41. The monoisotopic (exact) mass is 312 g/mol. The molecule has 5 heteroatoms. The van der Waals surface area contributed by atoms with Crippen LogP contribution >= 0.6 is 0 Å². The lowest BCUT2D eigenvalue weighted by molar-refractivity contribution is -0.122. The van der Waals surface area contributed by atoms with E-state index in [9.17, 15) is 9.59 Å². The molecular weight excluding hydrogens is 292 g/mol. The van der Waals surface area contributed by atoms with Gasteiger partial charge in [-0.3, -0.25) is 9.59 Å². The Morgan fingerprint density at radius 3 is 2.35 bits per heavy atom. The van der Waals surface area contributed by atoms with E-state index in [2.05, 4.69) is 5.32 Å². The SMILES string of the molecule is Cc1ccc(C)c(NC(=O)[C@@H](C)Oc2ccc(C(N)=O)cc2)c1. The van der Waals surface area contributed by atoms with Crippen molar-refractivity contribution in [3.8, 4) is 5.75 Å². The van der Waals surface area contributed by atoms with Gasteiger partial charge in [-0.1, -0.05) is 12.1 Å². The van der Waals surface area contributed by atoms with Crippen LogP contribution in [0.2, 0.25) is 0 Å². The van der Waals surface area contributed by atoms with Crippen LogP contribution < -0.4 is 15.8 Å². The van der Waals surface area contributed by atoms with Crippen LogP contribution in [0.5, 0.6) is 5.75 Å². The highest BCUT2D eigenvalue weighted by molar-refractivity contribution is 5.95. The standard InChI is InChI=1S/C18H20N2O3/c1-11-4-5-12(2)16(10-11)20-18(22)13(3)23-15-8-6-14(7-9-15)17(19)21/h4-10,13H,1-3H3,(H2,19,21)(H,20,22)/t13-/m1/s1. The van der Waals surface area contributed by atoms with E-state index in [0.717, 1.165) is 16.8 Å². The second kappa shape index (κ2) is 6.96. The molecule has 2 aromatic rings. The molecule has 0 aliphatic rings.